The van der Waals surface area contributed by atoms with Crippen LogP contribution in [0.2, 0.25) is 0 Å². The van der Waals surface area contributed by atoms with Crippen molar-refractivity contribution in [2.45, 2.75) is 25.1 Å². The number of benzene rings is 2. The number of carbonyl (C=O) groups is 1. The van der Waals surface area contributed by atoms with E-state index in [1.807, 2.05) is 54.6 Å². The van der Waals surface area contributed by atoms with Gasteiger partial charge < -0.3 is 10.1 Å². The third-order valence-electron chi connectivity index (χ3n) is 3.24. The van der Waals surface area contributed by atoms with Gasteiger partial charge in [-0.25, -0.2) is 0 Å². The summed E-state index contributed by atoms with van der Waals surface area (Å²) in [7, 11) is 0. The Hall–Kier alpha value is -2.00. The summed E-state index contributed by atoms with van der Waals surface area (Å²) in [6.45, 7) is 2.21. The molecule has 2 aromatic carbocycles. The van der Waals surface area contributed by atoms with Gasteiger partial charge in [0.25, 0.3) is 0 Å². The number of carbonyl (C=O) groups excluding carboxylic acids is 1. The predicted octanol–water partition coefficient (Wildman–Crippen LogP) is 5.05. The quantitative estimate of drug-likeness (QED) is 0.573. The van der Waals surface area contributed by atoms with Gasteiger partial charge in [0, 0.05) is 17.8 Å². The van der Waals surface area contributed by atoms with Crippen molar-refractivity contribution in [1.29, 1.82) is 0 Å². The van der Waals surface area contributed by atoms with Gasteiger partial charge >= 0.3 is 5.97 Å². The third-order valence-corrected chi connectivity index (χ3v) is 3.71. The van der Waals surface area contributed by atoms with E-state index in [9.17, 15) is 4.79 Å². The van der Waals surface area contributed by atoms with E-state index in [1.54, 1.807) is 6.92 Å². The Morgan fingerprint density at radius 3 is 2.36 bits per heavy atom. The molecule has 0 spiro atoms. The van der Waals surface area contributed by atoms with Crippen LogP contribution in [-0.2, 0) is 9.53 Å². The van der Waals surface area contributed by atoms with E-state index in [0.29, 0.717) is 19.4 Å². The summed E-state index contributed by atoms with van der Waals surface area (Å²) >= 11 is 6.33. The van der Waals surface area contributed by atoms with E-state index in [2.05, 4.69) is 5.32 Å². The summed E-state index contributed by atoms with van der Waals surface area (Å²) in [5.74, 6) is -0.199. The Morgan fingerprint density at radius 2 is 1.73 bits per heavy atom. The van der Waals surface area contributed by atoms with Crippen LogP contribution in [0.4, 0.5) is 11.4 Å². The molecular formula is C18H20ClNO2. The smallest absolute Gasteiger partial charge is 0.305 e. The predicted molar refractivity (Wildman–Crippen MR) is 90.6 cm³/mol. The molecule has 2 aromatic rings. The molecule has 1 atom stereocenters. The number of anilines is 2. The molecule has 0 aliphatic rings. The number of esters is 1. The first-order chi connectivity index (χ1) is 10.7. The number of para-hydroxylation sites is 1. The molecule has 0 heterocycles. The van der Waals surface area contributed by atoms with Gasteiger partial charge in [-0.1, -0.05) is 30.3 Å². The standard InChI is InChI=1S/C18H20ClNO2/c1-2-22-18(21)13-12-17(19)14-8-10-16(11-9-14)20-15-6-4-3-5-7-15/h3-11,17,20H,2,12-13H2,1H3. The minimum atomic E-state index is -0.199. The second kappa shape index (κ2) is 8.44. The molecule has 0 aliphatic carbocycles. The Balaban J connectivity index is 1.89. The lowest BCUT2D eigenvalue weighted by atomic mass is 10.1. The van der Waals surface area contributed by atoms with E-state index >= 15 is 0 Å². The van der Waals surface area contributed by atoms with Gasteiger partial charge in [-0.05, 0) is 43.2 Å². The fourth-order valence-electron chi connectivity index (χ4n) is 2.11. The molecule has 0 radical (unpaired) electrons. The molecular weight excluding hydrogens is 298 g/mol. The van der Waals surface area contributed by atoms with Crippen LogP contribution in [0.5, 0.6) is 0 Å². The fourth-order valence-corrected chi connectivity index (χ4v) is 2.36. The molecule has 116 valence electrons. The van der Waals surface area contributed by atoms with Gasteiger partial charge in [0.05, 0.1) is 12.0 Å². The summed E-state index contributed by atoms with van der Waals surface area (Å²) in [4.78, 5) is 11.3. The van der Waals surface area contributed by atoms with Crippen molar-refractivity contribution in [1.82, 2.24) is 0 Å². The Labute approximate surface area is 136 Å². The lowest BCUT2D eigenvalue weighted by molar-refractivity contribution is -0.143. The maximum absolute atomic E-state index is 11.3. The van der Waals surface area contributed by atoms with Gasteiger partial charge in [-0.3, -0.25) is 4.79 Å². The van der Waals surface area contributed by atoms with Crippen molar-refractivity contribution in [3.8, 4) is 0 Å². The van der Waals surface area contributed by atoms with Crippen LogP contribution in [0.1, 0.15) is 30.7 Å². The van der Waals surface area contributed by atoms with E-state index in [0.717, 1.165) is 16.9 Å². The van der Waals surface area contributed by atoms with Gasteiger partial charge in [-0.2, -0.15) is 0 Å². The van der Waals surface area contributed by atoms with Crippen LogP contribution in [0.15, 0.2) is 54.6 Å². The van der Waals surface area contributed by atoms with E-state index in [1.165, 1.54) is 0 Å². The minimum Gasteiger partial charge on any atom is -0.466 e. The first-order valence-electron chi connectivity index (χ1n) is 7.40. The van der Waals surface area contributed by atoms with Gasteiger partial charge in [0.1, 0.15) is 0 Å². The molecule has 0 amide bonds. The molecule has 0 fully saturated rings. The number of alkyl halides is 1. The van der Waals surface area contributed by atoms with Crippen molar-refractivity contribution >= 4 is 28.9 Å². The van der Waals surface area contributed by atoms with Gasteiger partial charge in [0.2, 0.25) is 0 Å². The Kier molecular flexibility index (Phi) is 6.28. The second-order valence-electron chi connectivity index (χ2n) is 4.92. The van der Waals surface area contributed by atoms with Crippen LogP contribution in [0.25, 0.3) is 0 Å². The molecule has 0 saturated carbocycles. The zero-order valence-electron chi connectivity index (χ0n) is 12.6. The zero-order chi connectivity index (χ0) is 15.8. The molecule has 4 heteroatoms. The van der Waals surface area contributed by atoms with Crippen molar-refractivity contribution in [3.63, 3.8) is 0 Å². The van der Waals surface area contributed by atoms with Gasteiger partial charge in [0.15, 0.2) is 0 Å². The van der Waals surface area contributed by atoms with Crippen molar-refractivity contribution in [2.24, 2.45) is 0 Å². The lowest BCUT2D eigenvalue weighted by Crippen LogP contribution is -2.05. The highest BCUT2D eigenvalue weighted by molar-refractivity contribution is 6.20. The number of halogens is 1. The molecule has 0 aromatic heterocycles. The fraction of sp³-hybridized carbons (Fsp3) is 0.278. The summed E-state index contributed by atoms with van der Waals surface area (Å²) in [6.07, 6.45) is 0.915. The first kappa shape index (κ1) is 16.4. The van der Waals surface area contributed by atoms with Crippen LogP contribution in [-0.4, -0.2) is 12.6 Å². The number of ether oxygens (including phenoxy) is 1. The van der Waals surface area contributed by atoms with Crippen molar-refractivity contribution in [3.05, 3.63) is 60.2 Å². The number of rotatable bonds is 7. The minimum absolute atomic E-state index is 0.185. The third kappa shape index (κ3) is 5.08. The number of nitrogens with one attached hydrogen (secondary N) is 1. The summed E-state index contributed by atoms with van der Waals surface area (Å²) in [5, 5.41) is 3.13. The SMILES string of the molecule is CCOC(=O)CCC(Cl)c1ccc(Nc2ccccc2)cc1. The molecule has 3 nitrogen and oxygen atoms in total. The molecule has 0 aliphatic heterocycles. The van der Waals surface area contributed by atoms with Crippen LogP contribution in [0.3, 0.4) is 0 Å². The molecule has 22 heavy (non-hydrogen) atoms. The van der Waals surface area contributed by atoms with Gasteiger partial charge in [-0.15, -0.1) is 11.6 Å². The maximum atomic E-state index is 11.3. The van der Waals surface area contributed by atoms with Crippen LogP contribution >= 0.6 is 11.6 Å². The first-order valence-corrected chi connectivity index (χ1v) is 7.84. The molecule has 0 bridgehead atoms. The van der Waals surface area contributed by atoms with Crippen molar-refractivity contribution in [2.75, 3.05) is 11.9 Å². The molecule has 0 saturated heterocycles. The highest BCUT2D eigenvalue weighted by Gasteiger charge is 2.11. The van der Waals surface area contributed by atoms with E-state index in [4.69, 9.17) is 16.3 Å². The van der Waals surface area contributed by atoms with E-state index in [-0.39, 0.29) is 11.3 Å². The van der Waals surface area contributed by atoms with Crippen molar-refractivity contribution < 1.29 is 9.53 Å². The van der Waals surface area contributed by atoms with Crippen LogP contribution < -0.4 is 5.32 Å². The number of hydrogen-bond acceptors (Lipinski definition) is 3. The largest absolute Gasteiger partial charge is 0.466 e. The summed E-state index contributed by atoms with van der Waals surface area (Å²) in [6, 6.07) is 17.9. The van der Waals surface area contributed by atoms with Crippen LogP contribution in [0, 0.1) is 0 Å². The highest BCUT2D eigenvalue weighted by atomic mass is 35.5. The normalized spacial score (nSPS) is 11.7. The zero-order valence-corrected chi connectivity index (χ0v) is 13.3. The molecule has 2 rings (SSSR count). The lowest BCUT2D eigenvalue weighted by Gasteiger charge is -2.11. The summed E-state index contributed by atoms with van der Waals surface area (Å²) < 4.78 is 4.91. The average molecular weight is 318 g/mol. The monoisotopic (exact) mass is 317 g/mol. The second-order valence-corrected chi connectivity index (χ2v) is 5.45. The average Bonchev–Trinajstić information content (AvgIpc) is 2.54. The number of hydrogen-bond donors (Lipinski definition) is 1. The Bertz CT molecular complexity index is 584. The summed E-state index contributed by atoms with van der Waals surface area (Å²) in [5.41, 5.74) is 3.05. The molecule has 1 N–H and O–H groups in total. The highest BCUT2D eigenvalue weighted by Crippen LogP contribution is 2.27. The topological polar surface area (TPSA) is 38.3 Å². The maximum Gasteiger partial charge on any atom is 0.305 e. The Morgan fingerprint density at radius 1 is 1.09 bits per heavy atom. The van der Waals surface area contributed by atoms with E-state index < -0.39 is 0 Å². The molecule has 1 unspecified atom stereocenters.